The van der Waals surface area contributed by atoms with E-state index in [1.807, 2.05) is 31.2 Å². The van der Waals surface area contributed by atoms with E-state index in [2.05, 4.69) is 0 Å². The van der Waals surface area contributed by atoms with Crippen LogP contribution in [0, 0.1) is 6.92 Å². The maximum atomic E-state index is 13.8. The Kier molecular flexibility index (Phi) is 8.49. The van der Waals surface area contributed by atoms with Gasteiger partial charge in [0.05, 0.1) is 4.90 Å². The molecule has 2 amide bonds. The van der Waals surface area contributed by atoms with Gasteiger partial charge in [-0.2, -0.15) is 4.31 Å². The maximum Gasteiger partial charge on any atom is 0.265 e. The Balaban J connectivity index is 1.95. The highest BCUT2D eigenvalue weighted by Gasteiger charge is 2.50. The summed E-state index contributed by atoms with van der Waals surface area (Å²) in [7, 11) is -1.12. The molecule has 1 fully saturated rings. The first-order chi connectivity index (χ1) is 16.6. The lowest BCUT2D eigenvalue weighted by molar-refractivity contribution is -0.145. The summed E-state index contributed by atoms with van der Waals surface area (Å²) < 4.78 is 39.8. The molecule has 1 aliphatic rings. The van der Waals surface area contributed by atoms with Crippen LogP contribution in [0.1, 0.15) is 24.8 Å². The fraction of sp³-hybridized carbons (Fsp3) is 0.417. The molecule has 3 rings (SSSR count). The van der Waals surface area contributed by atoms with Gasteiger partial charge in [-0.15, -0.1) is 0 Å². The number of carbonyl (C=O) groups is 2. The van der Waals surface area contributed by atoms with E-state index >= 15 is 0 Å². The summed E-state index contributed by atoms with van der Waals surface area (Å²) in [6.07, 6.45) is -0.0744. The lowest BCUT2D eigenvalue weighted by Gasteiger charge is -2.43. The normalized spacial score (nSPS) is 15.5. The Morgan fingerprint density at radius 2 is 1.57 bits per heavy atom. The van der Waals surface area contributed by atoms with Crippen LogP contribution in [-0.4, -0.2) is 74.0 Å². The monoisotopic (exact) mass is 505 g/mol. The summed E-state index contributed by atoms with van der Waals surface area (Å²) in [4.78, 5) is 26.4. The fourth-order valence-electron chi connectivity index (χ4n) is 3.94. The molecule has 0 saturated carbocycles. The molecule has 0 atom stereocenters. The lowest BCUT2D eigenvalue weighted by Crippen LogP contribution is -2.63. The second kappa shape index (κ2) is 11.2. The van der Waals surface area contributed by atoms with Crippen LogP contribution in [0.4, 0.5) is 0 Å². The van der Waals surface area contributed by atoms with E-state index in [1.165, 1.54) is 29.2 Å². The Morgan fingerprint density at radius 1 is 1.03 bits per heavy atom. The van der Waals surface area contributed by atoms with Crippen LogP contribution in [0.15, 0.2) is 53.4 Å². The van der Waals surface area contributed by atoms with Gasteiger partial charge in [-0.1, -0.05) is 17.7 Å². The van der Waals surface area contributed by atoms with Crippen molar-refractivity contribution in [2.75, 3.05) is 33.9 Å². The molecule has 190 valence electrons. The molecule has 0 radical (unpaired) electrons. The molecule has 10 nitrogen and oxygen atoms in total. The van der Waals surface area contributed by atoms with Crippen molar-refractivity contribution in [3.63, 3.8) is 0 Å². The van der Waals surface area contributed by atoms with Crippen LogP contribution < -0.4 is 10.2 Å². The van der Waals surface area contributed by atoms with Gasteiger partial charge in [0, 0.05) is 40.3 Å². The number of ether oxygens (including phenoxy) is 2. The SMILES string of the molecule is Cc1ccc(Oc2ccc(S(=O)(=O)N(CCC(=O)N(C)C)C3(C(=O)NO)CCOCC3)cc2)cc1. The van der Waals surface area contributed by atoms with Gasteiger partial charge < -0.3 is 14.4 Å². The highest BCUT2D eigenvalue weighted by Crippen LogP contribution is 2.34. The van der Waals surface area contributed by atoms with Gasteiger partial charge >= 0.3 is 0 Å². The van der Waals surface area contributed by atoms with E-state index in [0.29, 0.717) is 11.5 Å². The molecule has 1 heterocycles. The fourth-order valence-corrected chi connectivity index (χ4v) is 5.73. The van der Waals surface area contributed by atoms with Crippen LogP contribution in [-0.2, 0) is 24.3 Å². The van der Waals surface area contributed by atoms with E-state index in [0.717, 1.165) is 9.87 Å². The first kappa shape index (κ1) is 26.6. The highest BCUT2D eigenvalue weighted by molar-refractivity contribution is 7.89. The molecule has 2 aromatic carbocycles. The van der Waals surface area contributed by atoms with Crippen molar-refractivity contribution in [1.29, 1.82) is 0 Å². The first-order valence-corrected chi connectivity index (χ1v) is 12.6. The number of nitrogens with one attached hydrogen (secondary N) is 1. The molecule has 1 saturated heterocycles. The molecule has 0 unspecified atom stereocenters. The zero-order valence-electron chi connectivity index (χ0n) is 20.1. The summed E-state index contributed by atoms with van der Waals surface area (Å²) >= 11 is 0. The molecule has 11 heteroatoms. The molecule has 35 heavy (non-hydrogen) atoms. The summed E-state index contributed by atoms with van der Waals surface area (Å²) in [6.45, 7) is 1.98. The Labute approximate surface area is 205 Å². The zero-order valence-corrected chi connectivity index (χ0v) is 20.9. The number of amides is 2. The number of aryl methyl sites for hydroxylation is 1. The molecule has 2 N–H and O–H groups in total. The Morgan fingerprint density at radius 3 is 2.09 bits per heavy atom. The maximum absolute atomic E-state index is 13.8. The number of hydroxylamine groups is 1. The summed E-state index contributed by atoms with van der Waals surface area (Å²) in [5, 5.41) is 9.44. The van der Waals surface area contributed by atoms with Gasteiger partial charge in [0.25, 0.3) is 5.91 Å². The average molecular weight is 506 g/mol. The quantitative estimate of drug-likeness (QED) is 0.396. The van der Waals surface area contributed by atoms with Crippen molar-refractivity contribution in [2.24, 2.45) is 0 Å². The van der Waals surface area contributed by atoms with Crippen LogP contribution in [0.2, 0.25) is 0 Å². The van der Waals surface area contributed by atoms with Gasteiger partial charge in [0.2, 0.25) is 15.9 Å². The van der Waals surface area contributed by atoms with E-state index < -0.39 is 21.5 Å². The number of rotatable bonds is 9. The minimum Gasteiger partial charge on any atom is -0.457 e. The number of hydrogen-bond acceptors (Lipinski definition) is 7. The van der Waals surface area contributed by atoms with Gasteiger partial charge in [-0.25, -0.2) is 13.9 Å². The predicted molar refractivity (Wildman–Crippen MR) is 128 cm³/mol. The molecular weight excluding hydrogens is 474 g/mol. The van der Waals surface area contributed by atoms with Gasteiger partial charge in [0.15, 0.2) is 0 Å². The minimum absolute atomic E-state index is 0.0311. The first-order valence-electron chi connectivity index (χ1n) is 11.2. The van der Waals surface area contributed by atoms with Crippen molar-refractivity contribution >= 4 is 21.8 Å². The van der Waals surface area contributed by atoms with Crippen molar-refractivity contribution < 1.29 is 32.7 Å². The predicted octanol–water partition coefficient (Wildman–Crippen LogP) is 2.31. The van der Waals surface area contributed by atoms with Crippen molar-refractivity contribution in [3.05, 3.63) is 54.1 Å². The molecule has 0 bridgehead atoms. The van der Waals surface area contributed by atoms with Crippen LogP contribution in [0.25, 0.3) is 0 Å². The summed E-state index contributed by atoms with van der Waals surface area (Å²) in [5.74, 6) is -0.105. The third-order valence-corrected chi connectivity index (χ3v) is 8.00. The van der Waals surface area contributed by atoms with Crippen LogP contribution >= 0.6 is 0 Å². The van der Waals surface area contributed by atoms with Gasteiger partial charge in [-0.3, -0.25) is 14.8 Å². The molecule has 2 aromatic rings. The lowest BCUT2D eigenvalue weighted by atomic mass is 9.89. The van der Waals surface area contributed by atoms with E-state index in [4.69, 9.17) is 9.47 Å². The minimum atomic E-state index is -4.25. The largest absolute Gasteiger partial charge is 0.457 e. The van der Waals surface area contributed by atoms with E-state index in [9.17, 15) is 23.2 Å². The average Bonchev–Trinajstić information content (AvgIpc) is 2.85. The molecule has 0 spiro atoms. The van der Waals surface area contributed by atoms with Gasteiger partial charge in [0.1, 0.15) is 17.0 Å². The Bertz CT molecular complexity index is 1130. The second-order valence-electron chi connectivity index (χ2n) is 8.59. The molecule has 0 aliphatic carbocycles. The van der Waals surface area contributed by atoms with Crippen LogP contribution in [0.5, 0.6) is 11.5 Å². The van der Waals surface area contributed by atoms with Crippen LogP contribution in [0.3, 0.4) is 0 Å². The number of nitrogens with zero attached hydrogens (tertiary/aromatic N) is 2. The zero-order chi connectivity index (χ0) is 25.6. The standard InChI is InChI=1S/C24H31N3O7S/c1-18-4-6-19(7-5-18)34-20-8-10-21(11-9-20)35(31,32)27(15-12-22(28)26(2)3)24(23(29)25-30)13-16-33-17-14-24/h4-11,30H,12-17H2,1-3H3,(H,25,29). The van der Waals surface area contributed by atoms with Crippen molar-refractivity contribution in [2.45, 2.75) is 36.6 Å². The number of benzene rings is 2. The molecule has 0 aromatic heterocycles. The third kappa shape index (κ3) is 5.99. The summed E-state index contributed by atoms with van der Waals surface area (Å²) in [5.41, 5.74) is 1.10. The summed E-state index contributed by atoms with van der Waals surface area (Å²) in [6, 6.07) is 13.3. The molecule has 1 aliphatic heterocycles. The second-order valence-corrected chi connectivity index (χ2v) is 10.4. The number of carbonyl (C=O) groups excluding carboxylic acids is 2. The van der Waals surface area contributed by atoms with E-state index in [-0.39, 0.29) is 49.8 Å². The molecular formula is C24H31N3O7S. The highest BCUT2D eigenvalue weighted by atomic mass is 32.2. The third-order valence-electron chi connectivity index (χ3n) is 6.02. The smallest absolute Gasteiger partial charge is 0.265 e. The van der Waals surface area contributed by atoms with Gasteiger partial charge in [-0.05, 0) is 56.2 Å². The Hall–Kier alpha value is -2.99. The number of hydrogen-bond donors (Lipinski definition) is 2. The van der Waals surface area contributed by atoms with Crippen molar-refractivity contribution in [1.82, 2.24) is 14.7 Å². The van der Waals surface area contributed by atoms with E-state index in [1.54, 1.807) is 19.6 Å². The topological polar surface area (TPSA) is 125 Å². The van der Waals surface area contributed by atoms with Crippen molar-refractivity contribution in [3.8, 4) is 11.5 Å². The number of sulfonamides is 1.